The van der Waals surface area contributed by atoms with E-state index >= 15 is 0 Å². The molecule has 3 rings (SSSR count). The number of hydrogen-bond donors (Lipinski definition) is 2. The molecule has 4 nitrogen and oxygen atoms in total. The third-order valence-corrected chi connectivity index (χ3v) is 4.84. The van der Waals surface area contributed by atoms with E-state index in [0.717, 1.165) is 18.4 Å². The Hall–Kier alpha value is -1.81. The first-order chi connectivity index (χ1) is 10.5. The molecule has 1 spiro atoms. The van der Waals surface area contributed by atoms with Gasteiger partial charge in [-0.3, -0.25) is 9.59 Å². The molecule has 0 bridgehead atoms. The lowest BCUT2D eigenvalue weighted by Gasteiger charge is -2.31. The summed E-state index contributed by atoms with van der Waals surface area (Å²) in [5, 5.41) is 6.69. The van der Waals surface area contributed by atoms with Crippen LogP contribution in [-0.4, -0.2) is 11.7 Å². The summed E-state index contributed by atoms with van der Waals surface area (Å²) in [4.78, 5) is 24.8. The predicted molar refractivity (Wildman–Crippen MR) is 85.1 cm³/mol. The molecule has 5 heteroatoms. The van der Waals surface area contributed by atoms with E-state index in [1.165, 1.54) is 6.08 Å². The fourth-order valence-corrected chi connectivity index (χ4v) is 3.48. The van der Waals surface area contributed by atoms with Crippen LogP contribution in [-0.2, 0) is 9.59 Å². The van der Waals surface area contributed by atoms with Gasteiger partial charge in [0.2, 0.25) is 5.91 Å². The number of hydrogen-bond acceptors (Lipinski definition) is 3. The average Bonchev–Trinajstić information content (AvgIpc) is 2.96. The van der Waals surface area contributed by atoms with Gasteiger partial charge in [-0.2, -0.15) is 0 Å². The molecule has 1 heterocycles. The molecule has 1 aliphatic carbocycles. The molecule has 1 aromatic rings. The van der Waals surface area contributed by atoms with Crippen molar-refractivity contribution in [3.8, 4) is 0 Å². The SMILES string of the molecule is C[C@@H](NC1=CC(=O)C2(CCCC2)C(=O)N1)c1cccc(Cl)c1. The molecule has 22 heavy (non-hydrogen) atoms. The second-order valence-corrected chi connectivity index (χ2v) is 6.52. The fraction of sp³-hybridized carbons (Fsp3) is 0.412. The zero-order valence-electron chi connectivity index (χ0n) is 12.5. The number of allylic oxidation sites excluding steroid dienone is 1. The van der Waals surface area contributed by atoms with E-state index in [-0.39, 0.29) is 17.7 Å². The van der Waals surface area contributed by atoms with Crippen LogP contribution in [0.2, 0.25) is 5.02 Å². The second kappa shape index (κ2) is 5.76. The molecule has 0 aromatic heterocycles. The second-order valence-electron chi connectivity index (χ2n) is 6.09. The topological polar surface area (TPSA) is 58.2 Å². The lowest BCUT2D eigenvalue weighted by Crippen LogP contribution is -2.50. The number of carbonyl (C=O) groups excluding carboxylic acids is 2. The highest BCUT2D eigenvalue weighted by molar-refractivity contribution is 6.30. The zero-order valence-corrected chi connectivity index (χ0v) is 13.2. The lowest BCUT2D eigenvalue weighted by molar-refractivity contribution is -0.140. The number of amides is 1. The maximum Gasteiger partial charge on any atom is 0.239 e. The van der Waals surface area contributed by atoms with Gasteiger partial charge in [0.1, 0.15) is 11.2 Å². The van der Waals surface area contributed by atoms with Gasteiger partial charge >= 0.3 is 0 Å². The summed E-state index contributed by atoms with van der Waals surface area (Å²) in [6.07, 6.45) is 4.73. The quantitative estimate of drug-likeness (QED) is 0.842. The van der Waals surface area contributed by atoms with E-state index in [2.05, 4.69) is 10.6 Å². The molecular formula is C17H19ClN2O2. The van der Waals surface area contributed by atoms with E-state index in [0.29, 0.717) is 23.7 Å². The standard InChI is InChI=1S/C17H19ClN2O2/c1-11(12-5-4-6-13(18)9-12)19-15-10-14(21)17(16(22)20-15)7-2-3-8-17/h4-6,9-11,19H,2-3,7-8H2,1H3,(H,20,22)/t11-/m1/s1. The Bertz CT molecular complexity index is 648. The third-order valence-electron chi connectivity index (χ3n) is 4.61. The van der Waals surface area contributed by atoms with Gasteiger partial charge < -0.3 is 10.6 Å². The molecule has 2 aliphatic rings. The number of rotatable bonds is 3. The van der Waals surface area contributed by atoms with Crippen molar-refractivity contribution in [2.75, 3.05) is 0 Å². The van der Waals surface area contributed by atoms with Crippen LogP contribution in [0.25, 0.3) is 0 Å². The van der Waals surface area contributed by atoms with Crippen LogP contribution in [0.1, 0.15) is 44.2 Å². The molecule has 0 radical (unpaired) electrons. The van der Waals surface area contributed by atoms with E-state index in [1.807, 2.05) is 31.2 Å². The summed E-state index contributed by atoms with van der Waals surface area (Å²) < 4.78 is 0. The van der Waals surface area contributed by atoms with Gasteiger partial charge in [0.15, 0.2) is 5.78 Å². The molecule has 1 amide bonds. The molecule has 116 valence electrons. The van der Waals surface area contributed by atoms with Gasteiger partial charge in [-0.05, 0) is 37.5 Å². The monoisotopic (exact) mass is 318 g/mol. The number of benzene rings is 1. The largest absolute Gasteiger partial charge is 0.365 e. The maximum absolute atomic E-state index is 12.4. The molecule has 1 atom stereocenters. The Morgan fingerprint density at radius 1 is 1.27 bits per heavy atom. The summed E-state index contributed by atoms with van der Waals surface area (Å²) >= 11 is 5.99. The molecule has 0 saturated heterocycles. The minimum absolute atomic E-state index is 0.0596. The first-order valence-corrected chi connectivity index (χ1v) is 7.99. The van der Waals surface area contributed by atoms with Gasteiger partial charge in [0.25, 0.3) is 0 Å². The Labute approximate surface area is 134 Å². The molecule has 1 fully saturated rings. The summed E-state index contributed by atoms with van der Waals surface area (Å²) in [6.45, 7) is 1.96. The number of ketones is 1. The highest BCUT2D eigenvalue weighted by atomic mass is 35.5. The van der Waals surface area contributed by atoms with E-state index in [9.17, 15) is 9.59 Å². The van der Waals surface area contributed by atoms with Crippen molar-refractivity contribution >= 4 is 23.3 Å². The highest BCUT2D eigenvalue weighted by Gasteiger charge is 2.49. The predicted octanol–water partition coefficient (Wildman–Crippen LogP) is 3.09. The Kier molecular flexibility index (Phi) is 3.96. The molecule has 1 aliphatic heterocycles. The van der Waals surface area contributed by atoms with Crippen LogP contribution in [0.5, 0.6) is 0 Å². The van der Waals surface area contributed by atoms with E-state index in [1.54, 1.807) is 0 Å². The highest BCUT2D eigenvalue weighted by Crippen LogP contribution is 2.41. The number of halogens is 1. The van der Waals surface area contributed by atoms with Crippen LogP contribution in [0.3, 0.4) is 0 Å². The van der Waals surface area contributed by atoms with Crippen LogP contribution in [0, 0.1) is 5.41 Å². The van der Waals surface area contributed by atoms with Crippen molar-refractivity contribution in [1.82, 2.24) is 10.6 Å². The van der Waals surface area contributed by atoms with Gasteiger partial charge in [-0.25, -0.2) is 0 Å². The van der Waals surface area contributed by atoms with Crippen molar-refractivity contribution in [3.05, 3.63) is 46.7 Å². The maximum atomic E-state index is 12.4. The molecule has 1 aromatic carbocycles. The van der Waals surface area contributed by atoms with Crippen molar-refractivity contribution in [2.24, 2.45) is 5.41 Å². The van der Waals surface area contributed by atoms with E-state index < -0.39 is 5.41 Å². The average molecular weight is 319 g/mol. The molecule has 2 N–H and O–H groups in total. The van der Waals surface area contributed by atoms with Crippen molar-refractivity contribution in [1.29, 1.82) is 0 Å². The number of carbonyl (C=O) groups is 2. The molecule has 1 saturated carbocycles. The van der Waals surface area contributed by atoms with Crippen LogP contribution < -0.4 is 10.6 Å². The zero-order chi connectivity index (χ0) is 15.7. The molecular weight excluding hydrogens is 300 g/mol. The van der Waals surface area contributed by atoms with Crippen molar-refractivity contribution in [3.63, 3.8) is 0 Å². The summed E-state index contributed by atoms with van der Waals surface area (Å²) in [5.41, 5.74) is 0.182. The lowest BCUT2D eigenvalue weighted by atomic mass is 9.79. The van der Waals surface area contributed by atoms with Crippen LogP contribution in [0.15, 0.2) is 36.2 Å². The fourth-order valence-electron chi connectivity index (χ4n) is 3.28. The van der Waals surface area contributed by atoms with Gasteiger partial charge in [0.05, 0.1) is 0 Å². The Balaban J connectivity index is 1.76. The van der Waals surface area contributed by atoms with Gasteiger partial charge in [-0.15, -0.1) is 0 Å². The smallest absolute Gasteiger partial charge is 0.239 e. The first-order valence-electron chi connectivity index (χ1n) is 7.61. The van der Waals surface area contributed by atoms with Crippen molar-refractivity contribution < 1.29 is 9.59 Å². The van der Waals surface area contributed by atoms with Gasteiger partial charge in [-0.1, -0.05) is 36.6 Å². The Morgan fingerprint density at radius 3 is 2.64 bits per heavy atom. The van der Waals surface area contributed by atoms with Crippen molar-refractivity contribution in [2.45, 2.75) is 38.6 Å². The minimum atomic E-state index is -0.815. The summed E-state index contributed by atoms with van der Waals surface area (Å²) in [7, 11) is 0. The van der Waals surface area contributed by atoms with E-state index in [4.69, 9.17) is 11.6 Å². The van der Waals surface area contributed by atoms with Crippen LogP contribution >= 0.6 is 11.6 Å². The summed E-state index contributed by atoms with van der Waals surface area (Å²) in [5.74, 6) is 0.229. The summed E-state index contributed by atoms with van der Waals surface area (Å²) in [6, 6.07) is 7.45. The minimum Gasteiger partial charge on any atom is -0.365 e. The van der Waals surface area contributed by atoms with Gasteiger partial charge in [0, 0.05) is 17.1 Å². The molecule has 0 unspecified atom stereocenters. The van der Waals surface area contributed by atoms with Crippen LogP contribution in [0.4, 0.5) is 0 Å². The first kappa shape index (κ1) is 15.1. The normalized spacial score (nSPS) is 21.5. The Morgan fingerprint density at radius 2 is 2.00 bits per heavy atom. The number of nitrogens with one attached hydrogen (secondary N) is 2. The third kappa shape index (κ3) is 2.63.